The van der Waals surface area contributed by atoms with Gasteiger partial charge in [0.25, 0.3) is 11.7 Å². The molecule has 0 aromatic heterocycles. The monoisotopic (exact) mass is 201 g/mol. The molecular weight excluding hydrogens is 193 g/mol. The van der Waals surface area contributed by atoms with Crippen LogP contribution in [0.3, 0.4) is 0 Å². The van der Waals surface area contributed by atoms with Gasteiger partial charge >= 0.3 is 29.6 Å². The van der Waals surface area contributed by atoms with Crippen LogP contribution in [0, 0.1) is 0 Å². The van der Waals surface area contributed by atoms with Crippen LogP contribution in [0.25, 0.3) is 0 Å². The molecular formula is C9H8NNaO3. The summed E-state index contributed by atoms with van der Waals surface area (Å²) in [5.41, 5.74) is 0.931. The van der Waals surface area contributed by atoms with Crippen molar-refractivity contribution in [3.05, 3.63) is 23.8 Å². The number of hydrogen-bond acceptors (Lipinski definition) is 3. The number of ketones is 1. The molecule has 4 nitrogen and oxygen atoms in total. The first kappa shape index (κ1) is 11.2. The number of Topliss-reactive ketones (excluding diaryl/α,β-unsaturated/α-hetero) is 1. The largest absolute Gasteiger partial charge is 1.00 e. The van der Waals surface area contributed by atoms with Crippen molar-refractivity contribution in [3.63, 3.8) is 0 Å². The Labute approximate surface area is 104 Å². The molecule has 2 rings (SSSR count). The molecule has 68 valence electrons. The van der Waals surface area contributed by atoms with Crippen molar-refractivity contribution < 1.29 is 45.3 Å². The molecule has 1 aromatic rings. The summed E-state index contributed by atoms with van der Waals surface area (Å²) in [6, 6.07) is 4.89. The molecule has 1 aliphatic rings. The second kappa shape index (κ2) is 4.13. The minimum Gasteiger partial charge on any atom is -1.00 e. The maximum atomic E-state index is 11.2. The number of anilines is 1. The smallest absolute Gasteiger partial charge is 1.00 e. The van der Waals surface area contributed by atoms with Crippen molar-refractivity contribution in [1.29, 1.82) is 0 Å². The number of ether oxygens (including phenoxy) is 1. The number of carbonyl (C=O) groups is 2. The van der Waals surface area contributed by atoms with E-state index in [0.29, 0.717) is 17.0 Å². The average Bonchev–Trinajstić information content (AvgIpc) is 2.43. The molecule has 1 aliphatic heterocycles. The fourth-order valence-electron chi connectivity index (χ4n) is 1.25. The zero-order valence-electron chi connectivity index (χ0n) is 8.96. The molecule has 0 unspecified atom stereocenters. The molecule has 1 N–H and O–H groups in total. The SMILES string of the molecule is COc1ccc2c(c1)C(=O)C(=O)N2.[H-].[Na+]. The van der Waals surface area contributed by atoms with Gasteiger partial charge in [-0.3, -0.25) is 9.59 Å². The molecule has 0 aliphatic carbocycles. The van der Waals surface area contributed by atoms with Gasteiger partial charge in [-0.25, -0.2) is 0 Å². The van der Waals surface area contributed by atoms with Crippen LogP contribution in [0.15, 0.2) is 18.2 Å². The van der Waals surface area contributed by atoms with E-state index in [0.717, 1.165) is 0 Å². The Morgan fingerprint density at radius 1 is 1.36 bits per heavy atom. The number of benzene rings is 1. The van der Waals surface area contributed by atoms with Gasteiger partial charge in [-0.1, -0.05) is 0 Å². The Kier molecular flexibility index (Phi) is 3.31. The summed E-state index contributed by atoms with van der Waals surface area (Å²) in [6.45, 7) is 0. The second-order valence-electron chi connectivity index (χ2n) is 2.69. The van der Waals surface area contributed by atoms with E-state index in [-0.39, 0.29) is 31.0 Å². The van der Waals surface area contributed by atoms with Crippen molar-refractivity contribution in [2.75, 3.05) is 12.4 Å². The molecule has 0 radical (unpaired) electrons. The van der Waals surface area contributed by atoms with Crippen LogP contribution in [0.5, 0.6) is 5.75 Å². The molecule has 0 bridgehead atoms. The second-order valence-corrected chi connectivity index (χ2v) is 2.69. The molecule has 0 atom stereocenters. The molecule has 14 heavy (non-hydrogen) atoms. The van der Waals surface area contributed by atoms with Gasteiger partial charge in [0.1, 0.15) is 5.75 Å². The zero-order chi connectivity index (χ0) is 9.42. The van der Waals surface area contributed by atoms with E-state index in [2.05, 4.69) is 5.32 Å². The Hall–Kier alpha value is -0.840. The van der Waals surface area contributed by atoms with Crippen molar-refractivity contribution in [1.82, 2.24) is 0 Å². The third-order valence-electron chi connectivity index (χ3n) is 1.93. The number of hydrogen-bond donors (Lipinski definition) is 1. The average molecular weight is 201 g/mol. The fourth-order valence-corrected chi connectivity index (χ4v) is 1.25. The van der Waals surface area contributed by atoms with E-state index in [1.54, 1.807) is 18.2 Å². The van der Waals surface area contributed by atoms with Crippen molar-refractivity contribution in [3.8, 4) is 5.75 Å². The zero-order valence-corrected chi connectivity index (χ0v) is 9.96. The quantitative estimate of drug-likeness (QED) is 0.420. The van der Waals surface area contributed by atoms with Crippen LogP contribution < -0.4 is 39.6 Å². The topological polar surface area (TPSA) is 55.4 Å². The normalized spacial score (nSPS) is 12.9. The van der Waals surface area contributed by atoms with E-state index >= 15 is 0 Å². The molecule has 0 fully saturated rings. The van der Waals surface area contributed by atoms with Crippen LogP contribution in [-0.4, -0.2) is 18.8 Å². The van der Waals surface area contributed by atoms with Crippen LogP contribution in [0.2, 0.25) is 0 Å². The van der Waals surface area contributed by atoms with E-state index in [1.165, 1.54) is 7.11 Å². The van der Waals surface area contributed by atoms with Gasteiger partial charge in [-0.15, -0.1) is 0 Å². The van der Waals surface area contributed by atoms with E-state index in [9.17, 15) is 9.59 Å². The third kappa shape index (κ3) is 1.68. The minimum atomic E-state index is -0.580. The minimum absolute atomic E-state index is 0. The van der Waals surface area contributed by atoms with Crippen LogP contribution in [0.4, 0.5) is 5.69 Å². The van der Waals surface area contributed by atoms with Crippen LogP contribution in [0.1, 0.15) is 11.8 Å². The first-order valence-electron chi connectivity index (χ1n) is 3.76. The van der Waals surface area contributed by atoms with Gasteiger partial charge < -0.3 is 11.5 Å². The first-order chi connectivity index (χ1) is 6.22. The maximum absolute atomic E-state index is 11.2. The van der Waals surface area contributed by atoms with Crippen LogP contribution >= 0.6 is 0 Å². The molecule has 1 amide bonds. The fraction of sp³-hybridized carbons (Fsp3) is 0.111. The number of carbonyl (C=O) groups excluding carboxylic acids is 2. The van der Waals surface area contributed by atoms with Gasteiger partial charge in [-0.05, 0) is 18.2 Å². The van der Waals surface area contributed by atoms with Gasteiger partial charge in [0.15, 0.2) is 0 Å². The van der Waals surface area contributed by atoms with Crippen molar-refractivity contribution in [2.45, 2.75) is 0 Å². The Balaban J connectivity index is 0.000000980. The Morgan fingerprint density at radius 2 is 2.07 bits per heavy atom. The molecule has 1 aromatic carbocycles. The number of nitrogens with one attached hydrogen (secondary N) is 1. The summed E-state index contributed by atoms with van der Waals surface area (Å²) < 4.78 is 4.93. The number of fused-ring (bicyclic) bond motifs is 1. The van der Waals surface area contributed by atoms with Gasteiger partial charge in [0.05, 0.1) is 18.4 Å². The number of amides is 1. The van der Waals surface area contributed by atoms with E-state index < -0.39 is 11.7 Å². The summed E-state index contributed by atoms with van der Waals surface area (Å²) in [5.74, 6) is -0.513. The molecule has 1 heterocycles. The first-order valence-corrected chi connectivity index (χ1v) is 3.76. The summed E-state index contributed by atoms with van der Waals surface area (Å²) in [4.78, 5) is 22.1. The molecule has 0 spiro atoms. The van der Waals surface area contributed by atoms with Crippen LogP contribution in [-0.2, 0) is 4.79 Å². The summed E-state index contributed by atoms with van der Waals surface area (Å²) in [6.07, 6.45) is 0. The molecule has 5 heteroatoms. The van der Waals surface area contributed by atoms with Crippen molar-refractivity contribution in [2.24, 2.45) is 0 Å². The Bertz CT molecular complexity index is 408. The predicted molar refractivity (Wildman–Crippen MR) is 47.1 cm³/mol. The number of rotatable bonds is 1. The summed E-state index contributed by atoms with van der Waals surface area (Å²) >= 11 is 0. The predicted octanol–water partition coefficient (Wildman–Crippen LogP) is -2.05. The van der Waals surface area contributed by atoms with E-state index in [4.69, 9.17) is 4.74 Å². The van der Waals surface area contributed by atoms with Crippen molar-refractivity contribution >= 4 is 17.4 Å². The maximum Gasteiger partial charge on any atom is 1.00 e. The molecule has 0 saturated carbocycles. The van der Waals surface area contributed by atoms with Gasteiger partial charge in [0, 0.05) is 0 Å². The summed E-state index contributed by atoms with van der Waals surface area (Å²) in [7, 11) is 1.51. The van der Waals surface area contributed by atoms with Gasteiger partial charge in [0.2, 0.25) is 0 Å². The number of methoxy groups -OCH3 is 1. The standard InChI is InChI=1S/C9H7NO3.Na.H/c1-13-5-2-3-7-6(4-5)8(11)9(12)10-7;;/h2-4H,1H3,(H,10,11,12);;/q;+1;-1. The Morgan fingerprint density at radius 3 is 2.71 bits per heavy atom. The summed E-state index contributed by atoms with van der Waals surface area (Å²) in [5, 5.41) is 2.45. The van der Waals surface area contributed by atoms with Gasteiger partial charge in [-0.2, -0.15) is 0 Å². The molecule has 0 saturated heterocycles. The van der Waals surface area contributed by atoms with E-state index in [1.807, 2.05) is 0 Å². The third-order valence-corrected chi connectivity index (χ3v) is 1.93.